The molecule has 1 aliphatic heterocycles. The van der Waals surface area contributed by atoms with Gasteiger partial charge in [0.25, 0.3) is 5.91 Å². The minimum absolute atomic E-state index is 0.109. The number of halogens is 3. The number of hydrogen-bond donors (Lipinski definition) is 2. The summed E-state index contributed by atoms with van der Waals surface area (Å²) in [6, 6.07) is 9.54. The van der Waals surface area contributed by atoms with Crippen molar-refractivity contribution in [3.63, 3.8) is 0 Å². The number of fused-ring (bicyclic) bond motifs is 2. The molecule has 13 heteroatoms. The number of carbonyl (C=O) groups excluding carboxylic acids is 5. The molecule has 0 bridgehead atoms. The van der Waals surface area contributed by atoms with Crippen LogP contribution in [0.1, 0.15) is 119 Å². The third kappa shape index (κ3) is 10.4. The fraction of sp³-hybridized carbons (Fsp3) is 0.585. The molecule has 10 nitrogen and oxygen atoms in total. The van der Waals surface area contributed by atoms with Gasteiger partial charge in [0, 0.05) is 43.6 Å². The van der Waals surface area contributed by atoms with Crippen molar-refractivity contribution in [2.75, 3.05) is 18.4 Å². The molecule has 294 valence electrons. The molecule has 0 aromatic heterocycles. The first kappa shape index (κ1) is 40.8. The van der Waals surface area contributed by atoms with Crippen LogP contribution in [-0.2, 0) is 42.5 Å². The number of ether oxygens (including phenoxy) is 1. The maximum atomic E-state index is 13.8. The zero-order valence-electron chi connectivity index (χ0n) is 31.4. The number of carbonyl (C=O) groups is 5. The zero-order chi connectivity index (χ0) is 38.9. The molecule has 2 unspecified atom stereocenters. The van der Waals surface area contributed by atoms with E-state index in [9.17, 15) is 37.1 Å². The summed E-state index contributed by atoms with van der Waals surface area (Å²) in [6.07, 6.45) is 7.55. The molecule has 3 aliphatic rings. The van der Waals surface area contributed by atoms with E-state index in [0.717, 1.165) is 70.4 Å². The van der Waals surface area contributed by atoms with Crippen molar-refractivity contribution in [2.24, 2.45) is 5.92 Å². The van der Waals surface area contributed by atoms with Crippen molar-refractivity contribution >= 4 is 35.4 Å². The first-order valence-corrected chi connectivity index (χ1v) is 19.4. The SMILES string of the molecule is Cc1ccc(CN(C(=O)CN2C(=O)OC3(CCc4cc(NC(=O)CCCCCCCCCCNC(=O)CC5CCC5)ccc43)C2=O)C(C)C(F)(F)F)cc1. The predicted octanol–water partition coefficient (Wildman–Crippen LogP) is 7.85. The molecular weight excluding hydrogens is 701 g/mol. The van der Waals surface area contributed by atoms with Crippen LogP contribution in [0.15, 0.2) is 42.5 Å². The van der Waals surface area contributed by atoms with Gasteiger partial charge in [-0.2, -0.15) is 13.2 Å². The van der Waals surface area contributed by atoms with Gasteiger partial charge in [-0.25, -0.2) is 9.69 Å². The second-order valence-electron chi connectivity index (χ2n) is 15.2. The van der Waals surface area contributed by atoms with Gasteiger partial charge in [-0.1, -0.05) is 80.8 Å². The molecule has 1 saturated heterocycles. The smallest absolute Gasteiger partial charge is 0.418 e. The van der Waals surface area contributed by atoms with Gasteiger partial charge in [0.2, 0.25) is 23.3 Å². The molecule has 1 spiro atoms. The highest BCUT2D eigenvalue weighted by Crippen LogP contribution is 2.46. The minimum atomic E-state index is -4.73. The Hall–Kier alpha value is -4.42. The van der Waals surface area contributed by atoms with E-state index in [-0.39, 0.29) is 24.8 Å². The summed E-state index contributed by atoms with van der Waals surface area (Å²) in [7, 11) is 0. The van der Waals surface area contributed by atoms with E-state index < -0.39 is 42.3 Å². The first-order valence-electron chi connectivity index (χ1n) is 19.4. The quantitative estimate of drug-likeness (QED) is 0.141. The van der Waals surface area contributed by atoms with Crippen LogP contribution >= 0.6 is 0 Å². The fourth-order valence-corrected chi connectivity index (χ4v) is 7.42. The van der Waals surface area contributed by atoms with Crippen LogP contribution in [0.4, 0.5) is 23.7 Å². The van der Waals surface area contributed by atoms with E-state index in [1.165, 1.54) is 19.3 Å². The van der Waals surface area contributed by atoms with Crippen molar-refractivity contribution in [1.82, 2.24) is 15.1 Å². The Morgan fingerprint density at radius 3 is 2.26 bits per heavy atom. The summed E-state index contributed by atoms with van der Waals surface area (Å²) in [5, 5.41) is 5.94. The molecule has 2 aliphatic carbocycles. The van der Waals surface area contributed by atoms with Crippen LogP contribution in [0.25, 0.3) is 0 Å². The monoisotopic (exact) mass is 754 g/mol. The van der Waals surface area contributed by atoms with E-state index in [0.29, 0.717) is 57.4 Å². The average molecular weight is 755 g/mol. The minimum Gasteiger partial charge on any atom is -0.427 e. The Morgan fingerprint density at radius 1 is 0.944 bits per heavy atom. The Labute approximate surface area is 315 Å². The van der Waals surface area contributed by atoms with E-state index in [1.54, 1.807) is 42.5 Å². The molecule has 2 aromatic rings. The van der Waals surface area contributed by atoms with Crippen LogP contribution in [0.5, 0.6) is 0 Å². The van der Waals surface area contributed by atoms with Gasteiger partial charge in [0.1, 0.15) is 12.6 Å². The number of anilines is 1. The van der Waals surface area contributed by atoms with Gasteiger partial charge in [-0.15, -0.1) is 0 Å². The Bertz CT molecular complexity index is 1660. The lowest BCUT2D eigenvalue weighted by molar-refractivity contribution is -0.187. The lowest BCUT2D eigenvalue weighted by Crippen LogP contribution is -2.51. The van der Waals surface area contributed by atoms with Gasteiger partial charge >= 0.3 is 12.3 Å². The number of imide groups is 1. The van der Waals surface area contributed by atoms with Crippen LogP contribution in [0.2, 0.25) is 0 Å². The second-order valence-corrected chi connectivity index (χ2v) is 15.2. The number of alkyl halides is 3. The zero-order valence-corrected chi connectivity index (χ0v) is 31.4. The van der Waals surface area contributed by atoms with Crippen LogP contribution < -0.4 is 10.6 Å². The number of amides is 5. The largest absolute Gasteiger partial charge is 0.427 e. The predicted molar refractivity (Wildman–Crippen MR) is 197 cm³/mol. The lowest BCUT2D eigenvalue weighted by atomic mass is 9.83. The highest BCUT2D eigenvalue weighted by Gasteiger charge is 2.58. The Kier molecular flexibility index (Phi) is 13.8. The topological polar surface area (TPSA) is 125 Å². The second kappa shape index (κ2) is 18.3. The summed E-state index contributed by atoms with van der Waals surface area (Å²) in [6.45, 7) is 2.21. The molecule has 5 rings (SSSR count). The summed E-state index contributed by atoms with van der Waals surface area (Å²) < 4.78 is 47.1. The van der Waals surface area contributed by atoms with Crippen molar-refractivity contribution in [3.05, 3.63) is 64.7 Å². The van der Waals surface area contributed by atoms with Crippen LogP contribution in [-0.4, -0.2) is 64.8 Å². The molecule has 2 N–H and O–H groups in total. The third-order valence-corrected chi connectivity index (χ3v) is 11.0. The van der Waals surface area contributed by atoms with E-state index in [1.807, 2.05) is 6.92 Å². The highest BCUT2D eigenvalue weighted by atomic mass is 19.4. The fourth-order valence-electron chi connectivity index (χ4n) is 7.42. The maximum absolute atomic E-state index is 13.8. The third-order valence-electron chi connectivity index (χ3n) is 11.0. The Balaban J connectivity index is 1.04. The van der Waals surface area contributed by atoms with Gasteiger partial charge < -0.3 is 20.3 Å². The van der Waals surface area contributed by atoms with Gasteiger partial charge in [0.15, 0.2) is 0 Å². The molecule has 1 saturated carbocycles. The molecule has 2 aromatic carbocycles. The number of aryl methyl sites for hydroxylation is 2. The summed E-state index contributed by atoms with van der Waals surface area (Å²) >= 11 is 0. The molecule has 0 radical (unpaired) electrons. The molecule has 2 atom stereocenters. The van der Waals surface area contributed by atoms with Crippen LogP contribution in [0, 0.1) is 12.8 Å². The Morgan fingerprint density at radius 2 is 1.61 bits per heavy atom. The highest BCUT2D eigenvalue weighted by molar-refractivity contribution is 6.06. The maximum Gasteiger partial charge on any atom is 0.418 e. The average Bonchev–Trinajstić information content (AvgIpc) is 3.58. The normalized spacial score (nSPS) is 18.6. The van der Waals surface area contributed by atoms with Gasteiger partial charge in [0.05, 0.1) is 0 Å². The van der Waals surface area contributed by atoms with Crippen LogP contribution in [0.3, 0.4) is 0 Å². The van der Waals surface area contributed by atoms with E-state index in [2.05, 4.69) is 10.6 Å². The lowest BCUT2D eigenvalue weighted by Gasteiger charge is -2.31. The first-order chi connectivity index (χ1) is 25.8. The summed E-state index contributed by atoms with van der Waals surface area (Å²) in [5.41, 5.74) is 1.37. The standard InChI is InChI=1S/C41H53F3N4O6/c1-28-15-17-31(18-16-28)26-47(29(2)41(42,43)44)37(51)27-48-38(52)40(54-39(48)53)22-21-32-25-33(19-20-34(32)40)46-35(49)14-9-7-5-3-4-6-8-10-23-45-36(50)24-30-12-11-13-30/h15-20,25,29-30H,3-14,21-24,26-27H2,1-2H3,(H,45,50)(H,46,49). The number of nitrogens with one attached hydrogen (secondary N) is 2. The van der Waals surface area contributed by atoms with Crippen molar-refractivity contribution in [1.29, 1.82) is 0 Å². The van der Waals surface area contributed by atoms with Crippen molar-refractivity contribution in [2.45, 2.75) is 135 Å². The van der Waals surface area contributed by atoms with E-state index >= 15 is 0 Å². The van der Waals surface area contributed by atoms with Gasteiger partial charge in [-0.3, -0.25) is 19.2 Å². The number of unbranched alkanes of at least 4 members (excludes halogenated alkanes) is 7. The molecular formula is C41H53F3N4O6. The van der Waals surface area contributed by atoms with Crippen molar-refractivity contribution in [3.8, 4) is 0 Å². The molecule has 54 heavy (non-hydrogen) atoms. The molecule has 2 fully saturated rings. The van der Waals surface area contributed by atoms with E-state index in [4.69, 9.17) is 4.74 Å². The number of hydrogen-bond acceptors (Lipinski definition) is 6. The van der Waals surface area contributed by atoms with Crippen molar-refractivity contribution < 1.29 is 41.9 Å². The number of nitrogens with zero attached hydrogens (tertiary/aromatic N) is 2. The molecule has 1 heterocycles. The molecule has 5 amide bonds. The summed E-state index contributed by atoms with van der Waals surface area (Å²) in [4.78, 5) is 65.9. The number of benzene rings is 2. The van der Waals surface area contributed by atoms with Gasteiger partial charge in [-0.05, 0) is 75.1 Å². The number of rotatable bonds is 19. The summed E-state index contributed by atoms with van der Waals surface area (Å²) in [5.74, 6) is -1.18.